The van der Waals surface area contributed by atoms with Crippen LogP contribution in [0.3, 0.4) is 0 Å². The molecule has 3 aromatic rings. The molecule has 1 heterocycles. The Kier molecular flexibility index (Phi) is 9.21. The maximum absolute atomic E-state index is 12.7. The monoisotopic (exact) mass is 623 g/mol. The number of hydrogen-bond acceptors (Lipinski definition) is 12. The molecule has 2 aromatic carbocycles. The second kappa shape index (κ2) is 11.2. The second-order valence-electron chi connectivity index (χ2n) is 7.02. The van der Waals surface area contributed by atoms with Crippen LogP contribution in [0.2, 0.25) is 0 Å². The summed E-state index contributed by atoms with van der Waals surface area (Å²) in [6.07, 6.45) is 0. The third-order valence-corrected chi connectivity index (χ3v) is 7.51. The van der Waals surface area contributed by atoms with E-state index in [9.17, 15) is 35.5 Å². The van der Waals surface area contributed by atoms with Crippen molar-refractivity contribution in [2.45, 2.75) is 16.7 Å². The van der Waals surface area contributed by atoms with Gasteiger partial charge >= 0.3 is 27.5 Å². The van der Waals surface area contributed by atoms with E-state index in [0.717, 1.165) is 35.0 Å². The Morgan fingerprint density at radius 2 is 1.54 bits per heavy atom. The smallest absolute Gasteiger partial charge is 0.871 e. The van der Waals surface area contributed by atoms with Crippen molar-refractivity contribution in [1.29, 1.82) is 0 Å². The first-order valence-corrected chi connectivity index (χ1v) is 14.0. The molecule has 0 amide bonds. The molecule has 0 aliphatic rings. The molecule has 1 radical (unpaired) electrons. The first-order valence-electron chi connectivity index (χ1n) is 9.50. The van der Waals surface area contributed by atoms with E-state index in [4.69, 9.17) is 9.11 Å². The van der Waals surface area contributed by atoms with Gasteiger partial charge in [0.05, 0.1) is 39.2 Å². The third kappa shape index (κ3) is 7.55. The van der Waals surface area contributed by atoms with Gasteiger partial charge in [0.15, 0.2) is 9.84 Å². The number of aromatic nitrogens is 2. The predicted molar refractivity (Wildman–Crippen MR) is 117 cm³/mol. The van der Waals surface area contributed by atoms with Gasteiger partial charge in [-0.05, 0) is 43.3 Å². The molecule has 0 fully saturated rings. The Morgan fingerprint density at radius 1 is 0.946 bits per heavy atom. The van der Waals surface area contributed by atoms with Crippen molar-refractivity contribution in [3.8, 4) is 17.3 Å². The maximum Gasteiger partial charge on any atom is 2.00 e. The molecular formula is C18H16CuN4O11S3. The number of aryl methyl sites for hydroxylation is 1. The second-order valence-corrected chi connectivity index (χ2v) is 11.6. The normalized spacial score (nSPS) is 12.5. The fourth-order valence-corrected chi connectivity index (χ4v) is 4.77. The Hall–Kier alpha value is -2.90. The summed E-state index contributed by atoms with van der Waals surface area (Å²) >= 11 is 0. The van der Waals surface area contributed by atoms with E-state index in [-0.39, 0.29) is 34.1 Å². The summed E-state index contributed by atoms with van der Waals surface area (Å²) in [6, 6.07) is 7.25. The third-order valence-electron chi connectivity index (χ3n) is 4.50. The average Bonchev–Trinajstić information content (AvgIpc) is 3.05. The van der Waals surface area contributed by atoms with E-state index in [1.165, 1.54) is 19.1 Å². The van der Waals surface area contributed by atoms with Crippen molar-refractivity contribution in [2.75, 3.05) is 12.4 Å². The molecule has 0 aliphatic carbocycles. The van der Waals surface area contributed by atoms with E-state index in [2.05, 4.69) is 19.5 Å². The first kappa shape index (κ1) is 30.3. The molecule has 2 N–H and O–H groups in total. The summed E-state index contributed by atoms with van der Waals surface area (Å²) in [6.45, 7) is 0.535. The molecule has 0 aliphatic heterocycles. The number of nitrogens with zero attached hydrogens (tertiary/aromatic N) is 4. The van der Waals surface area contributed by atoms with Crippen LogP contribution in [0.4, 0.5) is 11.4 Å². The number of azo groups is 1. The van der Waals surface area contributed by atoms with Gasteiger partial charge in [0.1, 0.15) is 5.69 Å². The van der Waals surface area contributed by atoms with E-state index < -0.39 is 69.8 Å². The molecule has 0 bridgehead atoms. The SMILES string of the molecule is Cc1nn(-c2ccc(S(=O)(=O)O)cc2)c([O-])c1N=Nc1cc(S(=O)(=O)CCOS(=O)(=O)O)ccc1[O-].[Cu+2]. The van der Waals surface area contributed by atoms with Crippen LogP contribution in [-0.4, -0.2) is 56.5 Å². The molecule has 0 spiro atoms. The molecule has 0 saturated carbocycles. The molecule has 3 rings (SSSR count). The van der Waals surface area contributed by atoms with Gasteiger partial charge in [-0.1, -0.05) is 11.8 Å². The summed E-state index contributed by atoms with van der Waals surface area (Å²) in [5, 5.41) is 36.2. The number of sulfone groups is 1. The first-order chi connectivity index (χ1) is 16.6. The minimum Gasteiger partial charge on any atom is -0.871 e. The fourth-order valence-electron chi connectivity index (χ4n) is 2.79. The van der Waals surface area contributed by atoms with Crippen molar-refractivity contribution >= 4 is 41.7 Å². The Labute approximate surface area is 221 Å². The van der Waals surface area contributed by atoms with Crippen molar-refractivity contribution in [2.24, 2.45) is 10.2 Å². The largest absolute Gasteiger partial charge is 2.00 e. The van der Waals surface area contributed by atoms with Gasteiger partial charge in [-0.25, -0.2) is 17.3 Å². The zero-order valence-electron chi connectivity index (χ0n) is 18.3. The number of hydrogen-bond donors (Lipinski definition) is 2. The van der Waals surface area contributed by atoms with Gasteiger partial charge in [0.2, 0.25) is 0 Å². The summed E-state index contributed by atoms with van der Waals surface area (Å²) in [4.78, 5) is -0.812. The van der Waals surface area contributed by atoms with Gasteiger partial charge < -0.3 is 10.2 Å². The van der Waals surface area contributed by atoms with Crippen LogP contribution >= 0.6 is 0 Å². The molecule has 0 unspecified atom stereocenters. The van der Waals surface area contributed by atoms with Crippen LogP contribution < -0.4 is 10.2 Å². The topological polar surface area (TPSA) is 241 Å². The predicted octanol–water partition coefficient (Wildman–Crippen LogP) is 0.581. The van der Waals surface area contributed by atoms with E-state index in [1.54, 1.807) is 0 Å². The summed E-state index contributed by atoms with van der Waals surface area (Å²) in [5.74, 6) is -2.35. The Morgan fingerprint density at radius 3 is 2.11 bits per heavy atom. The average molecular weight is 624 g/mol. The summed E-state index contributed by atoms with van der Waals surface area (Å²) < 4.78 is 90.7. The molecule has 0 atom stereocenters. The molecular weight excluding hydrogens is 608 g/mol. The minimum atomic E-state index is -4.84. The molecule has 203 valence electrons. The molecule has 37 heavy (non-hydrogen) atoms. The van der Waals surface area contributed by atoms with Crippen molar-refractivity contribution in [3.05, 3.63) is 48.2 Å². The van der Waals surface area contributed by atoms with Crippen LogP contribution in [0.1, 0.15) is 5.69 Å². The van der Waals surface area contributed by atoms with Crippen LogP contribution in [-0.2, 0) is 51.6 Å². The van der Waals surface area contributed by atoms with Gasteiger partial charge in [0.25, 0.3) is 10.1 Å². The van der Waals surface area contributed by atoms with E-state index in [1.807, 2.05) is 0 Å². The van der Waals surface area contributed by atoms with Gasteiger partial charge in [-0.2, -0.15) is 27.0 Å². The van der Waals surface area contributed by atoms with Crippen molar-refractivity contribution in [3.63, 3.8) is 0 Å². The molecule has 1 aromatic heterocycles. The summed E-state index contributed by atoms with van der Waals surface area (Å²) in [5.41, 5.74) is -0.512. The van der Waals surface area contributed by atoms with E-state index in [0.29, 0.717) is 0 Å². The Balaban J connectivity index is 0.00000481. The maximum atomic E-state index is 12.7. The van der Waals surface area contributed by atoms with Crippen molar-refractivity contribution < 1.29 is 65.8 Å². The van der Waals surface area contributed by atoms with Crippen LogP contribution in [0.25, 0.3) is 5.69 Å². The molecule has 0 saturated heterocycles. The molecule has 19 heteroatoms. The Bertz CT molecular complexity index is 1650. The van der Waals surface area contributed by atoms with Gasteiger partial charge in [0, 0.05) is 5.88 Å². The standard InChI is InChI=1S/C18H18N4O11S3.Cu/c1-11-17(18(24)22(21-11)12-2-4-13(5-3-12)35(27,28)29)20-19-15-10-14(6-7-16(15)23)34(25,26)9-8-33-36(30,31)32;/h2-7,10,23-24H,8-9H2,1H3,(H,27,28,29)(H,30,31,32);/q;+2/p-2. The summed E-state index contributed by atoms with van der Waals surface area (Å²) in [7, 11) is -13.4. The minimum absolute atomic E-state index is 0. The fraction of sp³-hybridized carbons (Fsp3) is 0.167. The molecule has 15 nitrogen and oxygen atoms in total. The van der Waals surface area contributed by atoms with Gasteiger partial charge in [-0.3, -0.25) is 9.11 Å². The van der Waals surface area contributed by atoms with Gasteiger partial charge in [-0.15, -0.1) is 5.11 Å². The van der Waals surface area contributed by atoms with Crippen LogP contribution in [0, 0.1) is 6.92 Å². The zero-order valence-corrected chi connectivity index (χ0v) is 21.7. The van der Waals surface area contributed by atoms with Crippen molar-refractivity contribution in [1.82, 2.24) is 9.78 Å². The number of rotatable bonds is 9. The zero-order chi connectivity index (χ0) is 26.9. The number of benzene rings is 2. The van der Waals surface area contributed by atoms with Crippen LogP contribution in [0.15, 0.2) is 62.5 Å². The van der Waals surface area contributed by atoms with E-state index >= 15 is 0 Å². The quantitative estimate of drug-likeness (QED) is 0.189. The van der Waals surface area contributed by atoms with Crippen LogP contribution in [0.5, 0.6) is 11.6 Å².